The van der Waals surface area contributed by atoms with Crippen LogP contribution in [0.5, 0.6) is 0 Å². The SMILES string of the molecule is CN/C(Cl)=C1\C(=N)N(C#N)CC1=O. The van der Waals surface area contributed by atoms with Gasteiger partial charge in [0.2, 0.25) is 0 Å². The van der Waals surface area contributed by atoms with Gasteiger partial charge in [0.25, 0.3) is 0 Å². The number of Topliss-reactive ketones (excluding diaryl/α,β-unsaturated/α-hetero) is 1. The standard InChI is InChI=1S/C7H7ClN4O/c1-11-6(8)5-4(13)2-12(3-9)7(5)10/h10-11H,2H2,1H3/b6-5-,10-7?. The van der Waals surface area contributed by atoms with Crippen molar-refractivity contribution in [2.45, 2.75) is 0 Å². The van der Waals surface area contributed by atoms with Crippen molar-refractivity contribution in [2.75, 3.05) is 13.6 Å². The minimum absolute atomic E-state index is 0.0747. The van der Waals surface area contributed by atoms with Crippen molar-refractivity contribution in [3.05, 3.63) is 10.7 Å². The van der Waals surface area contributed by atoms with Crippen molar-refractivity contribution in [1.82, 2.24) is 10.2 Å². The molecule has 0 amide bonds. The first-order chi connectivity index (χ1) is 6.11. The molecule has 1 aliphatic heterocycles. The second-order valence-corrected chi connectivity index (χ2v) is 2.77. The molecule has 0 spiro atoms. The Kier molecular flexibility index (Phi) is 2.54. The third kappa shape index (κ3) is 1.48. The molecule has 68 valence electrons. The van der Waals surface area contributed by atoms with Gasteiger partial charge in [-0.25, -0.2) is 0 Å². The summed E-state index contributed by atoms with van der Waals surface area (Å²) in [7, 11) is 1.55. The van der Waals surface area contributed by atoms with E-state index < -0.39 is 0 Å². The zero-order valence-electron chi connectivity index (χ0n) is 6.89. The highest BCUT2D eigenvalue weighted by molar-refractivity contribution is 6.38. The molecular formula is C7H7ClN4O. The first-order valence-corrected chi connectivity index (χ1v) is 3.86. The molecular weight excluding hydrogens is 192 g/mol. The molecule has 0 radical (unpaired) electrons. The van der Waals surface area contributed by atoms with E-state index in [0.717, 1.165) is 4.90 Å². The number of carbonyl (C=O) groups is 1. The smallest absolute Gasteiger partial charge is 0.190 e. The molecule has 0 aromatic heterocycles. The number of hydrogen-bond donors (Lipinski definition) is 2. The molecule has 0 atom stereocenters. The molecule has 13 heavy (non-hydrogen) atoms. The fraction of sp³-hybridized carbons (Fsp3) is 0.286. The van der Waals surface area contributed by atoms with Gasteiger partial charge in [0.05, 0.1) is 12.1 Å². The Bertz CT molecular complexity index is 341. The quantitative estimate of drug-likeness (QED) is 0.353. The van der Waals surface area contributed by atoms with Crippen molar-refractivity contribution in [3.63, 3.8) is 0 Å². The minimum atomic E-state index is -0.314. The van der Waals surface area contributed by atoms with Crippen LogP contribution in [0, 0.1) is 16.9 Å². The zero-order valence-corrected chi connectivity index (χ0v) is 7.64. The number of ketones is 1. The number of likely N-dealkylation sites (tertiary alicyclic amines) is 1. The Labute approximate surface area is 80.1 Å². The molecule has 0 aromatic rings. The highest BCUT2D eigenvalue weighted by Gasteiger charge is 2.32. The van der Waals surface area contributed by atoms with E-state index in [1.165, 1.54) is 0 Å². The first kappa shape index (κ1) is 9.55. The Hall–Kier alpha value is -1.54. The van der Waals surface area contributed by atoms with Gasteiger partial charge < -0.3 is 5.32 Å². The number of hydrogen-bond acceptors (Lipinski definition) is 4. The molecule has 0 saturated carbocycles. The summed E-state index contributed by atoms with van der Waals surface area (Å²) in [6.45, 7) is -0.0947. The lowest BCUT2D eigenvalue weighted by molar-refractivity contribution is -0.114. The summed E-state index contributed by atoms with van der Waals surface area (Å²) in [6.07, 6.45) is 1.72. The predicted molar refractivity (Wildman–Crippen MR) is 47.0 cm³/mol. The summed E-state index contributed by atoms with van der Waals surface area (Å²) >= 11 is 5.65. The van der Waals surface area contributed by atoms with Crippen LogP contribution in [0.3, 0.4) is 0 Å². The van der Waals surface area contributed by atoms with Crippen LogP contribution < -0.4 is 5.32 Å². The number of rotatable bonds is 1. The maximum atomic E-state index is 11.2. The van der Waals surface area contributed by atoms with Crippen LogP contribution >= 0.6 is 11.6 Å². The lowest BCUT2D eigenvalue weighted by Gasteiger charge is -2.04. The van der Waals surface area contributed by atoms with Gasteiger partial charge in [0, 0.05) is 7.05 Å². The average molecular weight is 199 g/mol. The fourth-order valence-corrected chi connectivity index (χ4v) is 1.20. The van der Waals surface area contributed by atoms with Crippen LogP contribution in [-0.4, -0.2) is 30.1 Å². The molecule has 1 fully saturated rings. The van der Waals surface area contributed by atoms with Gasteiger partial charge >= 0.3 is 0 Å². The van der Waals surface area contributed by atoms with Gasteiger partial charge in [-0.1, -0.05) is 11.6 Å². The number of amidine groups is 1. The Balaban J connectivity index is 3.10. The lowest BCUT2D eigenvalue weighted by Crippen LogP contribution is -2.19. The van der Waals surface area contributed by atoms with Crippen molar-refractivity contribution in [1.29, 1.82) is 10.7 Å². The van der Waals surface area contributed by atoms with E-state index >= 15 is 0 Å². The summed E-state index contributed by atoms with van der Waals surface area (Å²) in [6, 6.07) is 0. The maximum absolute atomic E-state index is 11.2. The molecule has 6 heteroatoms. The van der Waals surface area contributed by atoms with Gasteiger partial charge in [-0.05, 0) is 0 Å². The third-order valence-corrected chi connectivity index (χ3v) is 2.02. The van der Waals surface area contributed by atoms with Crippen molar-refractivity contribution < 1.29 is 4.79 Å². The normalized spacial score (nSPS) is 20.2. The Morgan fingerprint density at radius 3 is 2.85 bits per heavy atom. The topological polar surface area (TPSA) is 80.0 Å². The Morgan fingerprint density at radius 2 is 2.46 bits per heavy atom. The molecule has 5 nitrogen and oxygen atoms in total. The van der Waals surface area contributed by atoms with Gasteiger partial charge in [-0.15, -0.1) is 0 Å². The highest BCUT2D eigenvalue weighted by Crippen LogP contribution is 2.17. The predicted octanol–water partition coefficient (Wildman–Crippen LogP) is -0.000750. The van der Waals surface area contributed by atoms with Crippen LogP contribution in [-0.2, 0) is 4.79 Å². The zero-order chi connectivity index (χ0) is 10.0. The molecule has 0 bridgehead atoms. The largest absolute Gasteiger partial charge is 0.378 e. The number of carbonyl (C=O) groups excluding carboxylic acids is 1. The number of nitrogens with zero attached hydrogens (tertiary/aromatic N) is 2. The molecule has 0 unspecified atom stereocenters. The van der Waals surface area contributed by atoms with Crippen molar-refractivity contribution >= 4 is 23.2 Å². The van der Waals surface area contributed by atoms with E-state index in [9.17, 15) is 4.79 Å². The van der Waals surface area contributed by atoms with Crippen LogP contribution in [0.15, 0.2) is 10.7 Å². The van der Waals surface area contributed by atoms with Gasteiger partial charge in [0.15, 0.2) is 12.0 Å². The summed E-state index contributed by atoms with van der Waals surface area (Å²) in [5.41, 5.74) is 0.0747. The van der Waals surface area contributed by atoms with E-state index in [0.29, 0.717) is 0 Å². The van der Waals surface area contributed by atoms with E-state index in [-0.39, 0.29) is 28.9 Å². The van der Waals surface area contributed by atoms with Gasteiger partial charge in [-0.2, -0.15) is 5.26 Å². The van der Waals surface area contributed by atoms with Crippen LogP contribution in [0.4, 0.5) is 0 Å². The van der Waals surface area contributed by atoms with E-state index in [2.05, 4.69) is 5.32 Å². The fourth-order valence-electron chi connectivity index (χ4n) is 1.01. The highest BCUT2D eigenvalue weighted by atomic mass is 35.5. The van der Waals surface area contributed by atoms with E-state index in [1.807, 2.05) is 0 Å². The molecule has 1 heterocycles. The summed E-state index contributed by atoms with van der Waals surface area (Å²) < 4.78 is 0. The third-order valence-electron chi connectivity index (χ3n) is 1.65. The van der Waals surface area contributed by atoms with Crippen molar-refractivity contribution in [2.24, 2.45) is 0 Å². The summed E-state index contributed by atoms with van der Waals surface area (Å²) in [5.74, 6) is -0.460. The molecule has 1 saturated heterocycles. The van der Waals surface area contributed by atoms with E-state index in [1.54, 1.807) is 13.2 Å². The van der Waals surface area contributed by atoms with Gasteiger partial charge in [-0.3, -0.25) is 15.1 Å². The molecule has 0 aromatic carbocycles. The molecule has 1 aliphatic rings. The average Bonchev–Trinajstić information content (AvgIpc) is 2.40. The molecule has 1 rings (SSSR count). The van der Waals surface area contributed by atoms with Crippen LogP contribution in [0.2, 0.25) is 0 Å². The van der Waals surface area contributed by atoms with E-state index in [4.69, 9.17) is 22.3 Å². The molecule has 0 aliphatic carbocycles. The van der Waals surface area contributed by atoms with Crippen molar-refractivity contribution in [3.8, 4) is 6.19 Å². The summed E-state index contributed by atoms with van der Waals surface area (Å²) in [4.78, 5) is 12.2. The van der Waals surface area contributed by atoms with Crippen LogP contribution in [0.1, 0.15) is 0 Å². The number of halogens is 1. The van der Waals surface area contributed by atoms with Crippen LogP contribution in [0.25, 0.3) is 0 Å². The summed E-state index contributed by atoms with van der Waals surface area (Å²) in [5, 5.41) is 18.6. The Morgan fingerprint density at radius 1 is 1.85 bits per heavy atom. The number of nitrogens with one attached hydrogen (secondary N) is 2. The lowest BCUT2D eigenvalue weighted by atomic mass is 10.2. The maximum Gasteiger partial charge on any atom is 0.190 e. The monoisotopic (exact) mass is 198 g/mol. The second kappa shape index (κ2) is 3.46. The second-order valence-electron chi connectivity index (χ2n) is 2.40. The van der Waals surface area contributed by atoms with Gasteiger partial charge in [0.1, 0.15) is 11.0 Å². The number of nitriles is 1. The first-order valence-electron chi connectivity index (χ1n) is 3.48. The molecule has 2 N–H and O–H groups in total. The minimum Gasteiger partial charge on any atom is -0.378 e.